The number of cyclic esters (lactones) is 1. The number of carbonyl (C=O) groups excluding carboxylic acids is 1. The van der Waals surface area contributed by atoms with E-state index in [2.05, 4.69) is 10.3 Å². The average molecular weight is 286 g/mol. The van der Waals surface area contributed by atoms with Gasteiger partial charge in [-0.15, -0.1) is 0 Å². The lowest BCUT2D eigenvalue weighted by molar-refractivity contribution is 0.0434. The van der Waals surface area contributed by atoms with Crippen LogP contribution in [0.3, 0.4) is 0 Å². The molecule has 0 saturated carbocycles. The molecule has 1 aromatic heterocycles. The summed E-state index contributed by atoms with van der Waals surface area (Å²) in [6.07, 6.45) is 1.07. The van der Waals surface area contributed by atoms with Crippen LogP contribution in [-0.4, -0.2) is 25.2 Å². The van der Waals surface area contributed by atoms with Crippen LogP contribution in [-0.2, 0) is 4.74 Å². The summed E-state index contributed by atoms with van der Waals surface area (Å²) in [5, 5.41) is 3.07. The second kappa shape index (κ2) is 5.32. The highest BCUT2D eigenvalue weighted by Crippen LogP contribution is 2.41. The third kappa shape index (κ3) is 2.24. The standard InChI is InChI=1S/C15H14N2O4/c1-19-10-7-6-9-12(13(10)20-2)15(18)21-14(9)17-11-5-3-4-8-16-11/h3-8,14H,1-2H3,(H,16,17)/t14-/m0/s1. The van der Waals surface area contributed by atoms with Crippen LogP contribution < -0.4 is 14.8 Å². The first-order valence-corrected chi connectivity index (χ1v) is 6.38. The van der Waals surface area contributed by atoms with Gasteiger partial charge in [-0.2, -0.15) is 0 Å². The molecule has 0 unspecified atom stereocenters. The zero-order valence-corrected chi connectivity index (χ0v) is 11.6. The molecule has 6 nitrogen and oxygen atoms in total. The highest BCUT2D eigenvalue weighted by atomic mass is 16.6. The van der Waals surface area contributed by atoms with Crippen LogP contribution in [0.15, 0.2) is 36.5 Å². The van der Waals surface area contributed by atoms with E-state index >= 15 is 0 Å². The number of fused-ring (bicyclic) bond motifs is 1. The van der Waals surface area contributed by atoms with E-state index in [9.17, 15) is 4.79 Å². The van der Waals surface area contributed by atoms with Crippen LogP contribution in [0.25, 0.3) is 0 Å². The number of nitrogens with one attached hydrogen (secondary N) is 1. The normalized spacial score (nSPS) is 16.1. The molecule has 1 aliphatic heterocycles. The maximum atomic E-state index is 12.1. The van der Waals surface area contributed by atoms with E-state index in [1.807, 2.05) is 12.1 Å². The van der Waals surface area contributed by atoms with Crippen LogP contribution in [0, 0.1) is 0 Å². The molecule has 0 saturated heterocycles. The summed E-state index contributed by atoms with van der Waals surface area (Å²) < 4.78 is 15.8. The number of rotatable bonds is 4. The lowest BCUT2D eigenvalue weighted by Gasteiger charge is -2.14. The third-order valence-corrected chi connectivity index (χ3v) is 3.23. The van der Waals surface area contributed by atoms with Gasteiger partial charge in [0.25, 0.3) is 0 Å². The topological polar surface area (TPSA) is 69.7 Å². The molecule has 1 N–H and O–H groups in total. The first-order chi connectivity index (χ1) is 10.2. The van der Waals surface area contributed by atoms with E-state index in [1.165, 1.54) is 14.2 Å². The minimum atomic E-state index is -0.595. The molecule has 2 aromatic rings. The summed E-state index contributed by atoms with van der Waals surface area (Å²) in [5.74, 6) is 1.05. The Kier molecular flexibility index (Phi) is 3.35. The molecule has 0 spiro atoms. The Morgan fingerprint density at radius 1 is 1.19 bits per heavy atom. The van der Waals surface area contributed by atoms with Gasteiger partial charge in [0.05, 0.1) is 14.2 Å². The molecule has 0 aliphatic carbocycles. The Hall–Kier alpha value is -2.76. The summed E-state index contributed by atoms with van der Waals surface area (Å²) in [5.41, 5.74) is 1.08. The number of benzene rings is 1. The first-order valence-electron chi connectivity index (χ1n) is 6.38. The zero-order chi connectivity index (χ0) is 14.8. The van der Waals surface area contributed by atoms with Gasteiger partial charge >= 0.3 is 5.97 Å². The van der Waals surface area contributed by atoms with Crippen molar-refractivity contribution in [2.75, 3.05) is 19.5 Å². The summed E-state index contributed by atoms with van der Waals surface area (Å²) in [4.78, 5) is 16.3. The van der Waals surface area contributed by atoms with Gasteiger partial charge in [-0.05, 0) is 24.3 Å². The molecule has 1 atom stereocenters. The number of methoxy groups -OCH3 is 2. The van der Waals surface area contributed by atoms with Crippen molar-refractivity contribution in [2.24, 2.45) is 0 Å². The van der Waals surface area contributed by atoms with Crippen LogP contribution in [0.5, 0.6) is 11.5 Å². The minimum Gasteiger partial charge on any atom is -0.493 e. The van der Waals surface area contributed by atoms with Crippen molar-refractivity contribution < 1.29 is 19.0 Å². The third-order valence-electron chi connectivity index (χ3n) is 3.23. The number of pyridine rings is 1. The lowest BCUT2D eigenvalue weighted by Crippen LogP contribution is -2.11. The number of hydrogen-bond acceptors (Lipinski definition) is 6. The largest absolute Gasteiger partial charge is 0.493 e. The molecule has 21 heavy (non-hydrogen) atoms. The van der Waals surface area contributed by atoms with Gasteiger partial charge in [0.15, 0.2) is 11.5 Å². The Bertz CT molecular complexity index is 673. The molecule has 1 aliphatic rings. The number of hydrogen-bond donors (Lipinski definition) is 1. The zero-order valence-electron chi connectivity index (χ0n) is 11.6. The molecule has 2 heterocycles. The lowest BCUT2D eigenvalue weighted by atomic mass is 10.1. The van der Waals surface area contributed by atoms with Crippen molar-refractivity contribution in [3.05, 3.63) is 47.7 Å². The molecule has 1 aromatic carbocycles. The van der Waals surface area contributed by atoms with Crippen molar-refractivity contribution in [2.45, 2.75) is 6.23 Å². The monoisotopic (exact) mass is 286 g/mol. The summed E-state index contributed by atoms with van der Waals surface area (Å²) >= 11 is 0. The van der Waals surface area contributed by atoms with Gasteiger partial charge < -0.3 is 19.5 Å². The fraction of sp³-hybridized carbons (Fsp3) is 0.200. The Morgan fingerprint density at radius 2 is 2.05 bits per heavy atom. The number of anilines is 1. The van der Waals surface area contributed by atoms with E-state index in [0.717, 1.165) is 0 Å². The highest BCUT2D eigenvalue weighted by molar-refractivity contribution is 5.98. The second-order valence-corrected chi connectivity index (χ2v) is 4.41. The predicted octanol–water partition coefficient (Wildman–Crippen LogP) is 2.38. The molecule has 108 valence electrons. The number of carbonyl (C=O) groups is 1. The summed E-state index contributed by atoms with van der Waals surface area (Å²) in [7, 11) is 3.01. The Balaban J connectivity index is 1.99. The summed E-state index contributed by atoms with van der Waals surface area (Å²) in [6.45, 7) is 0. The van der Waals surface area contributed by atoms with Crippen LogP contribution in [0.1, 0.15) is 22.1 Å². The molecular formula is C15H14N2O4. The maximum Gasteiger partial charge on any atom is 0.344 e. The molecule has 0 amide bonds. The van der Waals surface area contributed by atoms with Crippen LogP contribution in [0.4, 0.5) is 5.82 Å². The predicted molar refractivity (Wildman–Crippen MR) is 75.6 cm³/mol. The smallest absolute Gasteiger partial charge is 0.344 e. The van der Waals surface area contributed by atoms with E-state index in [-0.39, 0.29) is 0 Å². The molecule has 0 fully saturated rings. The number of ether oxygens (including phenoxy) is 3. The maximum absolute atomic E-state index is 12.1. The van der Waals surface area contributed by atoms with E-state index in [0.29, 0.717) is 28.4 Å². The minimum absolute atomic E-state index is 0.380. The van der Waals surface area contributed by atoms with Gasteiger partial charge in [-0.3, -0.25) is 0 Å². The molecule has 0 bridgehead atoms. The first kappa shape index (κ1) is 13.2. The SMILES string of the molecule is COc1ccc2c(c1OC)C(=O)O[C@@H]2Nc1ccccn1. The average Bonchev–Trinajstić information content (AvgIpc) is 2.83. The van der Waals surface area contributed by atoms with E-state index in [4.69, 9.17) is 14.2 Å². The van der Waals surface area contributed by atoms with Crippen molar-refractivity contribution in [3.63, 3.8) is 0 Å². The van der Waals surface area contributed by atoms with Crippen molar-refractivity contribution in [3.8, 4) is 11.5 Å². The number of aromatic nitrogens is 1. The molecule has 3 rings (SSSR count). The Labute approximate surface area is 121 Å². The van der Waals surface area contributed by atoms with E-state index < -0.39 is 12.2 Å². The van der Waals surface area contributed by atoms with Crippen molar-refractivity contribution in [1.82, 2.24) is 4.98 Å². The summed E-state index contributed by atoms with van der Waals surface area (Å²) in [6, 6.07) is 8.98. The van der Waals surface area contributed by atoms with Gasteiger partial charge in [0.1, 0.15) is 11.4 Å². The van der Waals surface area contributed by atoms with Gasteiger partial charge in [-0.25, -0.2) is 9.78 Å². The number of nitrogens with zero attached hydrogens (tertiary/aromatic N) is 1. The number of esters is 1. The quantitative estimate of drug-likeness (QED) is 0.870. The fourth-order valence-corrected chi connectivity index (χ4v) is 2.29. The van der Waals surface area contributed by atoms with Crippen LogP contribution >= 0.6 is 0 Å². The molecular weight excluding hydrogens is 272 g/mol. The fourth-order valence-electron chi connectivity index (χ4n) is 2.29. The van der Waals surface area contributed by atoms with Gasteiger partial charge in [0.2, 0.25) is 6.23 Å². The molecule has 6 heteroatoms. The van der Waals surface area contributed by atoms with Gasteiger partial charge in [0, 0.05) is 11.8 Å². The van der Waals surface area contributed by atoms with Crippen molar-refractivity contribution in [1.29, 1.82) is 0 Å². The van der Waals surface area contributed by atoms with E-state index in [1.54, 1.807) is 24.4 Å². The Morgan fingerprint density at radius 3 is 2.71 bits per heavy atom. The van der Waals surface area contributed by atoms with Gasteiger partial charge in [-0.1, -0.05) is 6.07 Å². The van der Waals surface area contributed by atoms with Crippen molar-refractivity contribution >= 4 is 11.8 Å². The second-order valence-electron chi connectivity index (χ2n) is 4.41. The van der Waals surface area contributed by atoms with Crippen LogP contribution in [0.2, 0.25) is 0 Å². The highest BCUT2D eigenvalue weighted by Gasteiger charge is 2.35. The molecule has 0 radical (unpaired) electrons.